The van der Waals surface area contributed by atoms with Gasteiger partial charge >= 0.3 is 5.97 Å². The minimum atomic E-state index is -1.20. The van der Waals surface area contributed by atoms with Gasteiger partial charge in [0.1, 0.15) is 5.54 Å². The number of amides is 1. The van der Waals surface area contributed by atoms with E-state index in [1.54, 1.807) is 0 Å². The first-order chi connectivity index (χ1) is 9.26. The van der Waals surface area contributed by atoms with Gasteiger partial charge in [-0.2, -0.15) is 0 Å². The van der Waals surface area contributed by atoms with Gasteiger partial charge in [0.05, 0.1) is 6.10 Å². The third kappa shape index (κ3) is 2.22. The largest absolute Gasteiger partial charge is 0.479 e. The van der Waals surface area contributed by atoms with Crippen LogP contribution in [-0.2, 0) is 14.3 Å². The van der Waals surface area contributed by atoms with E-state index >= 15 is 0 Å². The number of hydrogen-bond donors (Lipinski definition) is 2. The molecule has 0 heterocycles. The summed E-state index contributed by atoms with van der Waals surface area (Å²) in [6, 6.07) is 0. The zero-order chi connectivity index (χ0) is 15.1. The van der Waals surface area contributed by atoms with E-state index in [0.29, 0.717) is 18.9 Å². The van der Waals surface area contributed by atoms with Crippen molar-refractivity contribution in [2.24, 2.45) is 17.3 Å². The van der Waals surface area contributed by atoms with Gasteiger partial charge in [0.15, 0.2) is 0 Å². The minimum Gasteiger partial charge on any atom is -0.479 e. The molecule has 20 heavy (non-hydrogen) atoms. The Hall–Kier alpha value is -1.10. The molecule has 114 valence electrons. The maximum atomic E-state index is 12.3. The molecule has 0 radical (unpaired) electrons. The normalized spacial score (nSPS) is 33.1. The third-order valence-corrected chi connectivity index (χ3v) is 5.21. The Balaban J connectivity index is 2.11. The van der Waals surface area contributed by atoms with Gasteiger partial charge in [0.25, 0.3) is 0 Å². The van der Waals surface area contributed by atoms with Crippen LogP contribution in [0.15, 0.2) is 0 Å². The van der Waals surface area contributed by atoms with Crippen molar-refractivity contribution in [3.05, 3.63) is 0 Å². The van der Waals surface area contributed by atoms with Gasteiger partial charge < -0.3 is 15.2 Å². The molecule has 2 aliphatic carbocycles. The second-order valence-electron chi connectivity index (χ2n) is 6.70. The second-order valence-corrected chi connectivity index (χ2v) is 6.70. The van der Waals surface area contributed by atoms with E-state index in [1.807, 2.05) is 27.7 Å². The Labute approximate surface area is 120 Å². The van der Waals surface area contributed by atoms with Crippen LogP contribution in [0.4, 0.5) is 0 Å². The Morgan fingerprint density at radius 3 is 2.40 bits per heavy atom. The highest BCUT2D eigenvalue weighted by atomic mass is 16.5. The van der Waals surface area contributed by atoms with E-state index in [0.717, 1.165) is 12.8 Å². The average molecular weight is 283 g/mol. The number of carboxylic acids is 1. The fourth-order valence-corrected chi connectivity index (χ4v) is 3.17. The van der Waals surface area contributed by atoms with Crippen LogP contribution in [0.2, 0.25) is 0 Å². The molecule has 3 unspecified atom stereocenters. The summed E-state index contributed by atoms with van der Waals surface area (Å²) in [6.45, 7) is 8.04. The van der Waals surface area contributed by atoms with Gasteiger partial charge in [-0.3, -0.25) is 4.79 Å². The molecule has 5 heteroatoms. The molecule has 0 aliphatic heterocycles. The number of carboxylic acid groups (broad SMARTS) is 1. The summed E-state index contributed by atoms with van der Waals surface area (Å²) in [5.41, 5.74) is -1.80. The van der Waals surface area contributed by atoms with Crippen LogP contribution < -0.4 is 5.32 Å². The molecular weight excluding hydrogens is 258 g/mol. The predicted molar refractivity (Wildman–Crippen MR) is 74.2 cm³/mol. The molecule has 5 nitrogen and oxygen atoms in total. The van der Waals surface area contributed by atoms with Crippen LogP contribution in [0.1, 0.15) is 47.0 Å². The van der Waals surface area contributed by atoms with Crippen molar-refractivity contribution in [2.75, 3.05) is 6.61 Å². The second kappa shape index (κ2) is 5.02. The molecule has 0 saturated heterocycles. The quantitative estimate of drug-likeness (QED) is 0.779. The summed E-state index contributed by atoms with van der Waals surface area (Å²) >= 11 is 0. The van der Waals surface area contributed by atoms with Crippen molar-refractivity contribution in [3.8, 4) is 0 Å². The van der Waals surface area contributed by atoms with Crippen molar-refractivity contribution in [1.29, 1.82) is 0 Å². The highest BCUT2D eigenvalue weighted by Crippen LogP contribution is 2.52. The fraction of sp³-hybridized carbons (Fsp3) is 0.867. The van der Waals surface area contributed by atoms with Gasteiger partial charge in [-0.05, 0) is 25.7 Å². The first kappa shape index (κ1) is 15.3. The topological polar surface area (TPSA) is 75.6 Å². The molecular formula is C15H25NO4. The van der Waals surface area contributed by atoms with Crippen LogP contribution in [0, 0.1) is 17.3 Å². The van der Waals surface area contributed by atoms with E-state index < -0.39 is 16.9 Å². The van der Waals surface area contributed by atoms with E-state index in [4.69, 9.17) is 4.74 Å². The van der Waals surface area contributed by atoms with Crippen LogP contribution >= 0.6 is 0 Å². The summed E-state index contributed by atoms with van der Waals surface area (Å²) < 4.78 is 5.59. The third-order valence-electron chi connectivity index (χ3n) is 5.21. The van der Waals surface area contributed by atoms with Gasteiger partial charge in [0.2, 0.25) is 5.91 Å². The molecule has 0 bridgehead atoms. The molecule has 0 spiro atoms. The monoisotopic (exact) mass is 283 g/mol. The van der Waals surface area contributed by atoms with E-state index in [1.165, 1.54) is 0 Å². The standard InChI is InChI=1S/C15H25NO4/c1-5-20-11-8-15(13(18)19,14(11,3)4)16-12(17)9(2)10-6-7-10/h9-11H,5-8H2,1-4H3,(H,16,17)(H,18,19). The number of rotatable bonds is 6. The summed E-state index contributed by atoms with van der Waals surface area (Å²) in [5, 5.41) is 12.4. The zero-order valence-electron chi connectivity index (χ0n) is 12.7. The van der Waals surface area contributed by atoms with Gasteiger partial charge in [-0.1, -0.05) is 20.8 Å². The Kier molecular flexibility index (Phi) is 3.84. The highest BCUT2D eigenvalue weighted by molar-refractivity contribution is 5.90. The highest BCUT2D eigenvalue weighted by Gasteiger charge is 2.66. The van der Waals surface area contributed by atoms with E-state index in [2.05, 4.69) is 5.32 Å². The van der Waals surface area contributed by atoms with Crippen LogP contribution in [0.5, 0.6) is 0 Å². The SMILES string of the molecule is CCOC1CC(NC(=O)C(C)C2CC2)(C(=O)O)C1(C)C. The molecule has 0 aromatic carbocycles. The number of carbonyl (C=O) groups is 2. The number of ether oxygens (including phenoxy) is 1. The molecule has 3 atom stereocenters. The first-order valence-corrected chi connectivity index (χ1v) is 7.43. The predicted octanol–water partition coefficient (Wildman–Crippen LogP) is 1.81. The van der Waals surface area contributed by atoms with E-state index in [-0.39, 0.29) is 17.9 Å². The fourth-order valence-electron chi connectivity index (χ4n) is 3.17. The first-order valence-electron chi connectivity index (χ1n) is 7.43. The summed E-state index contributed by atoms with van der Waals surface area (Å²) in [6.07, 6.45) is 2.35. The zero-order valence-corrected chi connectivity index (χ0v) is 12.7. The molecule has 2 N–H and O–H groups in total. The van der Waals surface area contributed by atoms with Crippen molar-refractivity contribution in [2.45, 2.75) is 58.6 Å². The van der Waals surface area contributed by atoms with Crippen LogP contribution in [0.25, 0.3) is 0 Å². The molecule has 0 aromatic heterocycles. The lowest BCUT2D eigenvalue weighted by Crippen LogP contribution is -2.76. The lowest BCUT2D eigenvalue weighted by atomic mass is 9.54. The van der Waals surface area contributed by atoms with E-state index in [9.17, 15) is 14.7 Å². The van der Waals surface area contributed by atoms with Gasteiger partial charge in [0, 0.05) is 24.4 Å². The number of carbonyl (C=O) groups excluding carboxylic acids is 1. The maximum Gasteiger partial charge on any atom is 0.330 e. The number of aliphatic carboxylic acids is 1. The van der Waals surface area contributed by atoms with Crippen LogP contribution in [0.3, 0.4) is 0 Å². The van der Waals surface area contributed by atoms with Gasteiger partial charge in [-0.25, -0.2) is 4.79 Å². The summed E-state index contributed by atoms with van der Waals surface area (Å²) in [7, 11) is 0. The molecule has 1 amide bonds. The Morgan fingerprint density at radius 2 is 2.00 bits per heavy atom. The lowest BCUT2D eigenvalue weighted by molar-refractivity contribution is -0.195. The minimum absolute atomic E-state index is 0.104. The Morgan fingerprint density at radius 1 is 1.40 bits per heavy atom. The van der Waals surface area contributed by atoms with Crippen molar-refractivity contribution in [1.82, 2.24) is 5.32 Å². The molecule has 2 saturated carbocycles. The smallest absolute Gasteiger partial charge is 0.330 e. The molecule has 2 aliphatic rings. The number of hydrogen-bond acceptors (Lipinski definition) is 3. The van der Waals surface area contributed by atoms with Crippen molar-refractivity contribution < 1.29 is 19.4 Å². The van der Waals surface area contributed by atoms with Crippen LogP contribution in [-0.4, -0.2) is 35.2 Å². The number of nitrogens with one attached hydrogen (secondary N) is 1. The molecule has 2 rings (SSSR count). The summed E-state index contributed by atoms with van der Waals surface area (Å²) in [5.74, 6) is -0.785. The average Bonchev–Trinajstić information content (AvgIpc) is 3.19. The Bertz CT molecular complexity index is 416. The molecule has 2 fully saturated rings. The molecule has 0 aromatic rings. The lowest BCUT2D eigenvalue weighted by Gasteiger charge is -2.58. The van der Waals surface area contributed by atoms with Crippen molar-refractivity contribution in [3.63, 3.8) is 0 Å². The van der Waals surface area contributed by atoms with Gasteiger partial charge in [-0.15, -0.1) is 0 Å². The maximum absolute atomic E-state index is 12.3. The van der Waals surface area contributed by atoms with Crippen molar-refractivity contribution >= 4 is 11.9 Å². The summed E-state index contributed by atoms with van der Waals surface area (Å²) in [4.78, 5) is 24.0.